The van der Waals surface area contributed by atoms with Gasteiger partial charge in [0.2, 0.25) is 17.8 Å². The maximum atomic E-state index is 11.2. The van der Waals surface area contributed by atoms with Crippen molar-refractivity contribution in [1.29, 1.82) is 0 Å². The average molecular weight is 276 g/mol. The average Bonchev–Trinajstić information content (AvgIpc) is 3.10. The zero-order valence-corrected chi connectivity index (χ0v) is 10.3. The standard InChI is InChI=1S/C9H12N10O/c10-18-8-15-7(14-5-1-6(20)12-2-5)16-9(17-8)19-4-11-3-13-19/h3-5H,1-2,10H2,(H,12,20)(H2,14,15,16,17,18). The lowest BCUT2D eigenvalue weighted by Gasteiger charge is -2.11. The van der Waals surface area contributed by atoms with Crippen molar-refractivity contribution in [1.82, 2.24) is 35.0 Å². The second kappa shape index (κ2) is 5.05. The van der Waals surface area contributed by atoms with Gasteiger partial charge in [0.1, 0.15) is 12.7 Å². The number of carbonyl (C=O) groups excluding carboxylic acids is 1. The number of nitrogens with one attached hydrogen (secondary N) is 3. The minimum Gasteiger partial charge on any atom is -0.354 e. The van der Waals surface area contributed by atoms with Gasteiger partial charge in [0, 0.05) is 13.0 Å². The molecule has 3 rings (SSSR count). The molecule has 0 saturated carbocycles. The van der Waals surface area contributed by atoms with E-state index >= 15 is 0 Å². The van der Waals surface area contributed by atoms with Gasteiger partial charge in [-0.1, -0.05) is 0 Å². The number of carbonyl (C=O) groups is 1. The Morgan fingerprint density at radius 2 is 2.20 bits per heavy atom. The second-order valence-corrected chi connectivity index (χ2v) is 4.12. The van der Waals surface area contributed by atoms with Crippen LogP contribution in [0, 0.1) is 0 Å². The fraction of sp³-hybridized carbons (Fsp3) is 0.333. The SMILES string of the molecule is NNc1nc(NC2CNC(=O)C2)nc(-n2cncn2)n1. The summed E-state index contributed by atoms with van der Waals surface area (Å²) < 4.78 is 1.38. The summed E-state index contributed by atoms with van der Waals surface area (Å²) in [4.78, 5) is 27.3. The molecule has 0 aromatic carbocycles. The molecule has 0 radical (unpaired) electrons. The molecule has 20 heavy (non-hydrogen) atoms. The molecular weight excluding hydrogens is 264 g/mol. The summed E-state index contributed by atoms with van der Waals surface area (Å²) >= 11 is 0. The van der Waals surface area contributed by atoms with Crippen molar-refractivity contribution < 1.29 is 4.79 Å². The molecule has 104 valence electrons. The third-order valence-corrected chi connectivity index (χ3v) is 2.69. The van der Waals surface area contributed by atoms with Crippen molar-refractivity contribution in [3.05, 3.63) is 12.7 Å². The van der Waals surface area contributed by atoms with Gasteiger partial charge in [0.05, 0.1) is 6.04 Å². The van der Waals surface area contributed by atoms with Crippen LogP contribution >= 0.6 is 0 Å². The molecule has 11 nitrogen and oxygen atoms in total. The Hall–Kier alpha value is -2.82. The van der Waals surface area contributed by atoms with E-state index in [0.29, 0.717) is 18.9 Å². The predicted octanol–water partition coefficient (Wildman–Crippen LogP) is -1.96. The molecule has 2 aromatic heterocycles. The Kier molecular flexibility index (Phi) is 3.09. The number of rotatable bonds is 4. The van der Waals surface area contributed by atoms with E-state index < -0.39 is 0 Å². The number of nitrogen functional groups attached to an aromatic ring is 1. The van der Waals surface area contributed by atoms with Crippen LogP contribution in [-0.2, 0) is 4.79 Å². The van der Waals surface area contributed by atoms with Crippen molar-refractivity contribution in [2.45, 2.75) is 12.5 Å². The van der Waals surface area contributed by atoms with Gasteiger partial charge in [-0.15, -0.1) is 0 Å². The molecule has 1 aliphatic rings. The molecular formula is C9H12N10O. The Labute approximate surface area is 113 Å². The topological polar surface area (TPSA) is 149 Å². The van der Waals surface area contributed by atoms with Crippen molar-refractivity contribution in [3.8, 4) is 5.95 Å². The molecule has 1 aliphatic heterocycles. The Morgan fingerprint density at radius 3 is 2.85 bits per heavy atom. The van der Waals surface area contributed by atoms with Gasteiger partial charge >= 0.3 is 0 Å². The highest BCUT2D eigenvalue weighted by Crippen LogP contribution is 2.11. The zero-order chi connectivity index (χ0) is 13.9. The van der Waals surface area contributed by atoms with Crippen molar-refractivity contribution in [2.75, 3.05) is 17.3 Å². The first-order chi connectivity index (χ1) is 9.74. The van der Waals surface area contributed by atoms with E-state index in [4.69, 9.17) is 5.84 Å². The van der Waals surface area contributed by atoms with E-state index in [0.717, 1.165) is 0 Å². The number of aromatic nitrogens is 6. The van der Waals surface area contributed by atoms with Crippen LogP contribution in [0.25, 0.3) is 5.95 Å². The summed E-state index contributed by atoms with van der Waals surface area (Å²) in [6.07, 6.45) is 3.20. The van der Waals surface area contributed by atoms with E-state index in [1.165, 1.54) is 17.3 Å². The summed E-state index contributed by atoms with van der Waals surface area (Å²) in [5, 5.41) is 9.70. The van der Waals surface area contributed by atoms with Gasteiger partial charge in [-0.25, -0.2) is 10.8 Å². The van der Waals surface area contributed by atoms with Crippen LogP contribution < -0.4 is 21.9 Å². The fourth-order valence-corrected chi connectivity index (χ4v) is 1.80. The Morgan fingerprint density at radius 1 is 1.35 bits per heavy atom. The van der Waals surface area contributed by atoms with E-state index in [2.05, 4.69) is 41.1 Å². The minimum atomic E-state index is -0.0703. The van der Waals surface area contributed by atoms with Crippen molar-refractivity contribution >= 4 is 17.8 Å². The smallest absolute Gasteiger partial charge is 0.258 e. The summed E-state index contributed by atoms with van der Waals surface area (Å²) in [6, 6.07) is -0.0703. The number of amides is 1. The maximum absolute atomic E-state index is 11.2. The van der Waals surface area contributed by atoms with E-state index in [1.54, 1.807) is 0 Å². The second-order valence-electron chi connectivity index (χ2n) is 4.12. The van der Waals surface area contributed by atoms with Crippen LogP contribution in [0.4, 0.5) is 11.9 Å². The fourth-order valence-electron chi connectivity index (χ4n) is 1.80. The number of nitrogens with two attached hydrogens (primary N) is 1. The number of hydrazine groups is 1. The van der Waals surface area contributed by atoms with Gasteiger partial charge in [0.15, 0.2) is 0 Å². The summed E-state index contributed by atoms with van der Waals surface area (Å²) in [5.41, 5.74) is 2.36. The van der Waals surface area contributed by atoms with Crippen LogP contribution in [0.5, 0.6) is 0 Å². The minimum absolute atomic E-state index is 0.00905. The molecule has 1 fully saturated rings. The highest BCUT2D eigenvalue weighted by molar-refractivity contribution is 5.79. The summed E-state index contributed by atoms with van der Waals surface area (Å²) in [6.45, 7) is 0.522. The van der Waals surface area contributed by atoms with Gasteiger partial charge in [-0.3, -0.25) is 10.2 Å². The molecule has 1 unspecified atom stereocenters. The third-order valence-electron chi connectivity index (χ3n) is 2.69. The van der Waals surface area contributed by atoms with Crippen LogP contribution in [-0.4, -0.2) is 48.2 Å². The number of anilines is 2. The lowest BCUT2D eigenvalue weighted by molar-refractivity contribution is -0.119. The molecule has 0 bridgehead atoms. The first-order valence-electron chi connectivity index (χ1n) is 5.85. The quantitative estimate of drug-likeness (QED) is 0.368. The Balaban J connectivity index is 1.86. The summed E-state index contributed by atoms with van der Waals surface area (Å²) in [5.74, 6) is 6.08. The van der Waals surface area contributed by atoms with Crippen LogP contribution in [0.15, 0.2) is 12.7 Å². The molecule has 5 N–H and O–H groups in total. The number of hydrogen-bond acceptors (Lipinski definition) is 9. The molecule has 11 heteroatoms. The van der Waals surface area contributed by atoms with E-state index in [-0.39, 0.29) is 23.8 Å². The van der Waals surface area contributed by atoms with Gasteiger partial charge in [0.25, 0.3) is 5.95 Å². The van der Waals surface area contributed by atoms with Gasteiger partial charge < -0.3 is 10.6 Å². The molecule has 1 amide bonds. The zero-order valence-electron chi connectivity index (χ0n) is 10.3. The van der Waals surface area contributed by atoms with E-state index in [9.17, 15) is 4.79 Å². The molecule has 3 heterocycles. The maximum Gasteiger partial charge on any atom is 0.258 e. The molecule has 0 spiro atoms. The first kappa shape index (κ1) is 12.2. The first-order valence-corrected chi connectivity index (χ1v) is 5.85. The van der Waals surface area contributed by atoms with Gasteiger partial charge in [-0.2, -0.15) is 24.7 Å². The Bertz CT molecular complexity index is 611. The number of nitrogens with zero attached hydrogens (tertiary/aromatic N) is 6. The van der Waals surface area contributed by atoms with E-state index in [1.807, 2.05) is 0 Å². The highest BCUT2D eigenvalue weighted by Gasteiger charge is 2.22. The molecule has 1 saturated heterocycles. The molecule has 2 aromatic rings. The van der Waals surface area contributed by atoms with Crippen LogP contribution in [0.3, 0.4) is 0 Å². The lowest BCUT2D eigenvalue weighted by atomic mass is 10.3. The normalized spacial score (nSPS) is 17.9. The molecule has 0 aliphatic carbocycles. The third kappa shape index (κ3) is 2.47. The van der Waals surface area contributed by atoms with Crippen LogP contribution in [0.2, 0.25) is 0 Å². The number of hydrogen-bond donors (Lipinski definition) is 4. The highest BCUT2D eigenvalue weighted by atomic mass is 16.1. The van der Waals surface area contributed by atoms with Crippen molar-refractivity contribution in [2.24, 2.45) is 5.84 Å². The monoisotopic (exact) mass is 276 g/mol. The van der Waals surface area contributed by atoms with Crippen LogP contribution in [0.1, 0.15) is 6.42 Å². The van der Waals surface area contributed by atoms with Crippen molar-refractivity contribution in [3.63, 3.8) is 0 Å². The van der Waals surface area contributed by atoms with Gasteiger partial charge in [-0.05, 0) is 0 Å². The summed E-state index contributed by atoms with van der Waals surface area (Å²) in [7, 11) is 0. The predicted molar refractivity (Wildman–Crippen MR) is 67.6 cm³/mol. The molecule has 1 atom stereocenters. The lowest BCUT2D eigenvalue weighted by Crippen LogP contribution is -2.25. The largest absolute Gasteiger partial charge is 0.354 e.